The second-order valence-corrected chi connectivity index (χ2v) is 8.83. The van der Waals surface area contributed by atoms with Crippen molar-refractivity contribution in [1.82, 2.24) is 15.0 Å². The van der Waals surface area contributed by atoms with E-state index in [0.717, 1.165) is 44.4 Å². The van der Waals surface area contributed by atoms with Gasteiger partial charge in [0.1, 0.15) is 0 Å². The van der Waals surface area contributed by atoms with Gasteiger partial charge in [-0.15, -0.1) is 11.8 Å². The Morgan fingerprint density at radius 2 is 1.88 bits per heavy atom. The van der Waals surface area contributed by atoms with Gasteiger partial charge in [0.25, 0.3) is 0 Å². The number of nitrogens with one attached hydrogen (secondary N) is 2. The SMILES string of the molecule is CSc1cnc(N[C@H]2CC[C@H](Nc3nc4ccc(SN)cc4s3)C2)nc1. The van der Waals surface area contributed by atoms with E-state index in [9.17, 15) is 0 Å². The first-order chi connectivity index (χ1) is 12.7. The van der Waals surface area contributed by atoms with Crippen LogP contribution in [-0.2, 0) is 0 Å². The lowest BCUT2D eigenvalue weighted by molar-refractivity contribution is 0.718. The fourth-order valence-electron chi connectivity index (χ4n) is 3.14. The summed E-state index contributed by atoms with van der Waals surface area (Å²) in [5, 5.41) is 13.6. The predicted octanol–water partition coefficient (Wildman–Crippen LogP) is 4.22. The van der Waals surface area contributed by atoms with E-state index < -0.39 is 0 Å². The van der Waals surface area contributed by atoms with Crippen molar-refractivity contribution in [3.8, 4) is 0 Å². The molecule has 0 bridgehead atoms. The minimum atomic E-state index is 0.391. The van der Waals surface area contributed by atoms with Crippen molar-refractivity contribution in [2.24, 2.45) is 5.14 Å². The molecular formula is C17H20N6S3. The summed E-state index contributed by atoms with van der Waals surface area (Å²) >= 11 is 4.60. The Bertz CT molecular complexity index is 882. The molecule has 9 heteroatoms. The molecule has 1 fully saturated rings. The number of anilines is 2. The van der Waals surface area contributed by atoms with Crippen molar-refractivity contribution in [1.29, 1.82) is 0 Å². The van der Waals surface area contributed by atoms with Gasteiger partial charge in [0.2, 0.25) is 5.95 Å². The van der Waals surface area contributed by atoms with E-state index in [4.69, 9.17) is 5.14 Å². The van der Waals surface area contributed by atoms with Crippen molar-refractivity contribution in [3.05, 3.63) is 30.6 Å². The van der Waals surface area contributed by atoms with Crippen LogP contribution in [-0.4, -0.2) is 33.3 Å². The molecule has 6 nitrogen and oxygen atoms in total. The van der Waals surface area contributed by atoms with Gasteiger partial charge in [-0.1, -0.05) is 11.3 Å². The highest BCUT2D eigenvalue weighted by Gasteiger charge is 2.25. The van der Waals surface area contributed by atoms with Gasteiger partial charge in [-0.25, -0.2) is 15.0 Å². The second kappa shape index (κ2) is 7.99. The standard InChI is InChI=1S/C17H20N6S3/c1-24-13-8-19-16(20-9-13)21-10-2-3-11(6-10)22-17-23-14-5-4-12(26-18)7-15(14)25-17/h4-5,7-11H,2-3,6,18H2,1H3,(H,22,23)(H,19,20,21)/t10-,11-/m0/s1. The zero-order chi connectivity index (χ0) is 17.9. The van der Waals surface area contributed by atoms with Crippen molar-refractivity contribution < 1.29 is 0 Å². The molecule has 1 aromatic carbocycles. The Labute approximate surface area is 164 Å². The number of benzene rings is 1. The molecule has 4 rings (SSSR count). The van der Waals surface area contributed by atoms with Crippen molar-refractivity contribution in [2.75, 3.05) is 16.9 Å². The van der Waals surface area contributed by atoms with Gasteiger partial charge in [0.05, 0.1) is 10.2 Å². The fourth-order valence-corrected chi connectivity index (χ4v) is 4.84. The number of hydrogen-bond donors (Lipinski definition) is 3. The van der Waals surface area contributed by atoms with E-state index >= 15 is 0 Å². The van der Waals surface area contributed by atoms with Gasteiger partial charge in [-0.05, 0) is 55.7 Å². The molecular weight excluding hydrogens is 384 g/mol. The molecule has 1 saturated carbocycles. The monoisotopic (exact) mass is 404 g/mol. The van der Waals surface area contributed by atoms with Crippen LogP contribution < -0.4 is 15.8 Å². The van der Waals surface area contributed by atoms with E-state index in [1.54, 1.807) is 23.1 Å². The van der Waals surface area contributed by atoms with Crippen LogP contribution in [0.4, 0.5) is 11.1 Å². The second-order valence-electron chi connectivity index (χ2n) is 6.21. The third-order valence-electron chi connectivity index (χ3n) is 4.45. The summed E-state index contributed by atoms with van der Waals surface area (Å²) in [6.45, 7) is 0. The van der Waals surface area contributed by atoms with Crippen LogP contribution >= 0.6 is 35.0 Å². The van der Waals surface area contributed by atoms with Gasteiger partial charge >= 0.3 is 0 Å². The fraction of sp³-hybridized carbons (Fsp3) is 0.353. The maximum atomic E-state index is 5.64. The van der Waals surface area contributed by atoms with E-state index in [1.165, 1.54) is 11.9 Å². The molecule has 2 atom stereocenters. The maximum absolute atomic E-state index is 5.64. The molecule has 26 heavy (non-hydrogen) atoms. The van der Waals surface area contributed by atoms with E-state index in [2.05, 4.69) is 31.7 Å². The largest absolute Gasteiger partial charge is 0.359 e. The summed E-state index contributed by atoms with van der Waals surface area (Å²) < 4.78 is 1.16. The number of nitrogens with zero attached hydrogens (tertiary/aromatic N) is 3. The quantitative estimate of drug-likeness (QED) is 0.416. The normalized spacial score (nSPS) is 19.8. The molecule has 0 saturated heterocycles. The first-order valence-electron chi connectivity index (χ1n) is 8.40. The molecule has 2 heterocycles. The van der Waals surface area contributed by atoms with Gasteiger partial charge in [-0.2, -0.15) is 0 Å². The third-order valence-corrected chi connectivity index (χ3v) is 6.61. The number of nitrogens with two attached hydrogens (primary N) is 1. The number of fused-ring (bicyclic) bond motifs is 1. The first kappa shape index (κ1) is 17.8. The topological polar surface area (TPSA) is 88.8 Å². The zero-order valence-electron chi connectivity index (χ0n) is 14.3. The summed E-state index contributed by atoms with van der Waals surface area (Å²) in [5.74, 6) is 0.709. The van der Waals surface area contributed by atoms with Crippen LogP contribution in [0.15, 0.2) is 40.4 Å². The summed E-state index contributed by atoms with van der Waals surface area (Å²) in [5.41, 5.74) is 1.02. The lowest BCUT2D eigenvalue weighted by atomic mass is 10.2. The minimum absolute atomic E-state index is 0.391. The van der Waals surface area contributed by atoms with Crippen LogP contribution in [0.5, 0.6) is 0 Å². The Morgan fingerprint density at radius 3 is 2.62 bits per heavy atom. The molecule has 3 aromatic rings. The molecule has 1 aliphatic rings. The van der Waals surface area contributed by atoms with Gasteiger partial charge in [0.15, 0.2) is 5.13 Å². The number of rotatable bonds is 6. The molecule has 0 amide bonds. The summed E-state index contributed by atoms with van der Waals surface area (Å²) in [7, 11) is 0. The minimum Gasteiger partial charge on any atom is -0.359 e. The van der Waals surface area contributed by atoms with E-state index in [0.29, 0.717) is 18.0 Å². The van der Waals surface area contributed by atoms with Crippen LogP contribution in [0.2, 0.25) is 0 Å². The molecule has 2 aromatic heterocycles. The number of thiazole rings is 1. The summed E-state index contributed by atoms with van der Waals surface area (Å²) in [6, 6.07) is 6.94. The Morgan fingerprint density at radius 1 is 1.12 bits per heavy atom. The van der Waals surface area contributed by atoms with Crippen molar-refractivity contribution >= 4 is 56.3 Å². The lowest BCUT2D eigenvalue weighted by Crippen LogP contribution is -2.21. The summed E-state index contributed by atoms with van der Waals surface area (Å²) in [6.07, 6.45) is 8.99. The third kappa shape index (κ3) is 4.06. The number of aromatic nitrogens is 3. The predicted molar refractivity (Wildman–Crippen MR) is 112 cm³/mol. The summed E-state index contributed by atoms with van der Waals surface area (Å²) in [4.78, 5) is 15.6. The first-order valence-corrected chi connectivity index (χ1v) is 11.3. The highest BCUT2D eigenvalue weighted by molar-refractivity contribution is 7.98. The number of hydrogen-bond acceptors (Lipinski definition) is 9. The molecule has 4 N–H and O–H groups in total. The molecule has 1 aliphatic carbocycles. The van der Waals surface area contributed by atoms with Crippen LogP contribution in [0, 0.1) is 0 Å². The molecule has 0 aliphatic heterocycles. The molecule has 0 spiro atoms. The van der Waals surface area contributed by atoms with E-state index in [-0.39, 0.29) is 0 Å². The van der Waals surface area contributed by atoms with Crippen LogP contribution in [0.3, 0.4) is 0 Å². The highest BCUT2D eigenvalue weighted by atomic mass is 32.2. The average Bonchev–Trinajstić information content (AvgIpc) is 3.28. The Balaban J connectivity index is 1.36. The van der Waals surface area contributed by atoms with Gasteiger partial charge < -0.3 is 10.6 Å². The average molecular weight is 405 g/mol. The van der Waals surface area contributed by atoms with Crippen molar-refractivity contribution in [2.45, 2.75) is 41.1 Å². The van der Waals surface area contributed by atoms with Crippen LogP contribution in [0.25, 0.3) is 10.2 Å². The smallest absolute Gasteiger partial charge is 0.222 e. The Kier molecular flexibility index (Phi) is 5.49. The van der Waals surface area contributed by atoms with Gasteiger partial charge in [-0.3, -0.25) is 5.14 Å². The zero-order valence-corrected chi connectivity index (χ0v) is 16.8. The number of thioether (sulfide) groups is 1. The lowest BCUT2D eigenvalue weighted by Gasteiger charge is -2.14. The van der Waals surface area contributed by atoms with Gasteiger partial charge in [0, 0.05) is 34.3 Å². The molecule has 136 valence electrons. The van der Waals surface area contributed by atoms with Crippen molar-refractivity contribution in [3.63, 3.8) is 0 Å². The van der Waals surface area contributed by atoms with E-state index in [1.807, 2.05) is 30.8 Å². The molecule has 0 unspecified atom stereocenters. The van der Waals surface area contributed by atoms with Crippen LogP contribution in [0.1, 0.15) is 19.3 Å². The molecule has 0 radical (unpaired) electrons. The maximum Gasteiger partial charge on any atom is 0.222 e. The Hall–Kier alpha value is -1.55. The highest BCUT2D eigenvalue weighted by Crippen LogP contribution is 2.31.